The van der Waals surface area contributed by atoms with Crippen LogP contribution in [0.1, 0.15) is 20.7 Å². The quantitative estimate of drug-likeness (QED) is 0.687. The summed E-state index contributed by atoms with van der Waals surface area (Å²) in [6.45, 7) is -0.560. The van der Waals surface area contributed by atoms with Gasteiger partial charge in [-0.2, -0.15) is 0 Å². The first kappa shape index (κ1) is 13.7. The first-order valence-corrected chi connectivity index (χ1v) is 5.82. The van der Waals surface area contributed by atoms with Gasteiger partial charge in [0, 0.05) is 0 Å². The topological polar surface area (TPSA) is 63.6 Å². The lowest BCUT2D eigenvalue weighted by Gasteiger charge is -2.05. The molecular weight excluding hydrogens is 263 g/mol. The van der Waals surface area contributed by atoms with E-state index < -0.39 is 24.2 Å². The average Bonchev–Trinajstić information content (AvgIpc) is 2.45. The Balaban J connectivity index is 2.01. The minimum absolute atomic E-state index is 0.0834. The number of rotatable bonds is 4. The lowest BCUT2D eigenvalue weighted by atomic mass is 10.1. The molecule has 0 unspecified atom stereocenters. The summed E-state index contributed by atoms with van der Waals surface area (Å²) in [7, 11) is 0. The van der Waals surface area contributed by atoms with Crippen molar-refractivity contribution in [2.45, 2.75) is 0 Å². The van der Waals surface area contributed by atoms with Crippen LogP contribution in [0, 0.1) is 5.82 Å². The third-order valence-corrected chi connectivity index (χ3v) is 2.59. The van der Waals surface area contributed by atoms with E-state index in [1.54, 1.807) is 0 Å². The molecule has 2 aromatic carbocycles. The fraction of sp³-hybridized carbons (Fsp3) is 0.0667. The average molecular weight is 274 g/mol. The molecule has 0 aliphatic heterocycles. The highest BCUT2D eigenvalue weighted by Gasteiger charge is 2.14. The van der Waals surface area contributed by atoms with Crippen molar-refractivity contribution < 1.29 is 23.8 Å². The first-order valence-electron chi connectivity index (χ1n) is 5.82. The van der Waals surface area contributed by atoms with E-state index in [1.807, 2.05) is 0 Å². The molecular formula is C15H11FO4. The minimum atomic E-state index is -0.759. The molecule has 20 heavy (non-hydrogen) atoms. The molecule has 0 bridgehead atoms. The zero-order valence-electron chi connectivity index (χ0n) is 10.4. The van der Waals surface area contributed by atoms with E-state index in [4.69, 9.17) is 4.74 Å². The first-order chi connectivity index (χ1) is 9.58. The van der Waals surface area contributed by atoms with Crippen molar-refractivity contribution in [3.8, 4) is 5.75 Å². The number of aromatic hydroxyl groups is 1. The second-order valence-corrected chi connectivity index (χ2v) is 4.03. The van der Waals surface area contributed by atoms with Gasteiger partial charge in [0.05, 0.1) is 11.1 Å². The molecule has 0 saturated carbocycles. The number of hydrogen-bond acceptors (Lipinski definition) is 4. The molecule has 0 heterocycles. The van der Waals surface area contributed by atoms with Crippen molar-refractivity contribution in [1.29, 1.82) is 0 Å². The third-order valence-electron chi connectivity index (χ3n) is 2.59. The highest BCUT2D eigenvalue weighted by molar-refractivity contribution is 5.99. The number of esters is 1. The van der Waals surface area contributed by atoms with Gasteiger partial charge in [-0.1, -0.05) is 18.2 Å². The van der Waals surface area contributed by atoms with E-state index in [-0.39, 0.29) is 16.9 Å². The monoisotopic (exact) mass is 274 g/mol. The molecule has 0 aliphatic rings. The molecule has 0 aromatic heterocycles. The SMILES string of the molecule is O=C(OCC(=O)c1ccccc1F)c1cccc(O)c1. The minimum Gasteiger partial charge on any atom is -0.508 e. The Kier molecular flexibility index (Phi) is 4.10. The van der Waals surface area contributed by atoms with Crippen LogP contribution in [0.4, 0.5) is 4.39 Å². The Hall–Kier alpha value is -2.69. The number of benzene rings is 2. The van der Waals surface area contributed by atoms with Gasteiger partial charge in [0.15, 0.2) is 6.61 Å². The van der Waals surface area contributed by atoms with Gasteiger partial charge in [0.1, 0.15) is 11.6 Å². The van der Waals surface area contributed by atoms with Crippen LogP contribution in [0.15, 0.2) is 48.5 Å². The molecule has 1 N–H and O–H groups in total. The summed E-state index contributed by atoms with van der Waals surface area (Å²) in [5.74, 6) is -2.13. The lowest BCUT2D eigenvalue weighted by molar-refractivity contribution is 0.0473. The fourth-order valence-corrected chi connectivity index (χ4v) is 1.61. The normalized spacial score (nSPS) is 10.1. The molecule has 0 radical (unpaired) electrons. The Morgan fingerprint density at radius 2 is 1.85 bits per heavy atom. The molecule has 5 heteroatoms. The van der Waals surface area contributed by atoms with E-state index >= 15 is 0 Å². The molecule has 102 valence electrons. The van der Waals surface area contributed by atoms with Gasteiger partial charge in [0.25, 0.3) is 0 Å². The number of phenolic OH excluding ortho intramolecular Hbond substituents is 1. The van der Waals surface area contributed by atoms with Gasteiger partial charge in [-0.25, -0.2) is 9.18 Å². The summed E-state index contributed by atoms with van der Waals surface area (Å²) in [4.78, 5) is 23.3. The molecule has 4 nitrogen and oxygen atoms in total. The molecule has 0 spiro atoms. The third kappa shape index (κ3) is 3.20. The molecule has 0 atom stereocenters. The predicted molar refractivity (Wildman–Crippen MR) is 69.1 cm³/mol. The number of ether oxygens (including phenoxy) is 1. The van der Waals surface area contributed by atoms with Gasteiger partial charge >= 0.3 is 5.97 Å². The van der Waals surface area contributed by atoms with Crippen molar-refractivity contribution in [2.24, 2.45) is 0 Å². The number of halogens is 1. The maximum atomic E-state index is 13.3. The molecule has 0 fully saturated rings. The predicted octanol–water partition coefficient (Wildman–Crippen LogP) is 2.57. The summed E-state index contributed by atoms with van der Waals surface area (Å²) < 4.78 is 18.1. The Bertz CT molecular complexity index is 652. The second kappa shape index (κ2) is 5.97. The van der Waals surface area contributed by atoms with Crippen LogP contribution in [-0.4, -0.2) is 23.5 Å². The second-order valence-electron chi connectivity index (χ2n) is 4.03. The van der Waals surface area contributed by atoms with Gasteiger partial charge in [-0.15, -0.1) is 0 Å². The van der Waals surface area contributed by atoms with Crippen molar-refractivity contribution in [2.75, 3.05) is 6.61 Å². The maximum absolute atomic E-state index is 13.3. The van der Waals surface area contributed by atoms with Crippen molar-refractivity contribution in [1.82, 2.24) is 0 Å². The Morgan fingerprint density at radius 1 is 1.10 bits per heavy atom. The van der Waals surface area contributed by atoms with E-state index in [0.717, 1.165) is 6.07 Å². The van der Waals surface area contributed by atoms with E-state index in [0.29, 0.717) is 0 Å². The summed E-state index contributed by atoms with van der Waals surface area (Å²) in [6, 6.07) is 11.0. The maximum Gasteiger partial charge on any atom is 0.338 e. The van der Waals surface area contributed by atoms with Crippen LogP contribution in [0.3, 0.4) is 0 Å². The lowest BCUT2D eigenvalue weighted by Crippen LogP contribution is -2.15. The Morgan fingerprint density at radius 3 is 2.55 bits per heavy atom. The van der Waals surface area contributed by atoms with Crippen LogP contribution < -0.4 is 0 Å². The number of carbonyl (C=O) groups is 2. The summed E-state index contributed by atoms with van der Waals surface area (Å²) >= 11 is 0. The molecule has 2 rings (SSSR count). The van der Waals surface area contributed by atoms with Crippen LogP contribution in [0.5, 0.6) is 5.75 Å². The molecule has 0 amide bonds. The molecule has 2 aromatic rings. The van der Waals surface area contributed by atoms with E-state index in [2.05, 4.69) is 0 Å². The molecule has 0 saturated heterocycles. The number of phenols is 1. The zero-order valence-corrected chi connectivity index (χ0v) is 10.4. The number of Topliss-reactive ketones (excluding diaryl/α,β-unsaturated/α-hetero) is 1. The van der Waals surface area contributed by atoms with E-state index in [9.17, 15) is 19.1 Å². The summed E-state index contributed by atoms with van der Waals surface area (Å²) in [5.41, 5.74) is -0.0115. The summed E-state index contributed by atoms with van der Waals surface area (Å²) in [6.07, 6.45) is 0. The van der Waals surface area contributed by atoms with Crippen LogP contribution in [-0.2, 0) is 4.74 Å². The summed E-state index contributed by atoms with van der Waals surface area (Å²) in [5, 5.41) is 9.23. The van der Waals surface area contributed by atoms with Crippen LogP contribution in [0.25, 0.3) is 0 Å². The number of carbonyl (C=O) groups excluding carboxylic acids is 2. The number of hydrogen-bond donors (Lipinski definition) is 1. The van der Waals surface area contributed by atoms with Gasteiger partial charge < -0.3 is 9.84 Å². The smallest absolute Gasteiger partial charge is 0.338 e. The zero-order chi connectivity index (χ0) is 14.5. The highest BCUT2D eigenvalue weighted by Crippen LogP contribution is 2.12. The van der Waals surface area contributed by atoms with Crippen molar-refractivity contribution in [3.05, 3.63) is 65.5 Å². The number of ketones is 1. The fourth-order valence-electron chi connectivity index (χ4n) is 1.61. The standard InChI is InChI=1S/C15H11FO4/c16-13-7-2-1-6-12(13)14(18)9-20-15(19)10-4-3-5-11(17)8-10/h1-8,17H,9H2. The van der Waals surface area contributed by atoms with E-state index in [1.165, 1.54) is 42.5 Å². The van der Waals surface area contributed by atoms with Crippen LogP contribution >= 0.6 is 0 Å². The van der Waals surface area contributed by atoms with Gasteiger partial charge in [0.2, 0.25) is 5.78 Å². The van der Waals surface area contributed by atoms with Gasteiger partial charge in [-0.05, 0) is 30.3 Å². The highest BCUT2D eigenvalue weighted by atomic mass is 19.1. The molecule has 0 aliphatic carbocycles. The van der Waals surface area contributed by atoms with Crippen molar-refractivity contribution in [3.63, 3.8) is 0 Å². The van der Waals surface area contributed by atoms with Crippen molar-refractivity contribution >= 4 is 11.8 Å². The largest absolute Gasteiger partial charge is 0.508 e. The van der Waals surface area contributed by atoms with Gasteiger partial charge in [-0.3, -0.25) is 4.79 Å². The van der Waals surface area contributed by atoms with Crippen LogP contribution in [0.2, 0.25) is 0 Å². The Labute approximate surface area is 114 Å².